The SMILES string of the molecule is CC(C)C(O)CCNC(=O)c1cccc(=O)n1C. The maximum absolute atomic E-state index is 11.8. The summed E-state index contributed by atoms with van der Waals surface area (Å²) in [7, 11) is 1.56. The summed E-state index contributed by atoms with van der Waals surface area (Å²) in [5.74, 6) is -0.130. The predicted molar refractivity (Wildman–Crippen MR) is 69.5 cm³/mol. The standard InChI is InChI=1S/C13H20N2O3/c1-9(2)11(16)7-8-14-13(18)10-5-4-6-12(17)15(10)3/h4-6,9,11,16H,7-8H2,1-3H3,(H,14,18). The van der Waals surface area contributed by atoms with Crippen LogP contribution in [0.15, 0.2) is 23.0 Å². The Morgan fingerprint density at radius 1 is 1.44 bits per heavy atom. The molecule has 100 valence electrons. The Balaban J connectivity index is 2.56. The summed E-state index contributed by atoms with van der Waals surface area (Å²) in [6.07, 6.45) is 0.0781. The fraction of sp³-hybridized carbons (Fsp3) is 0.538. The zero-order chi connectivity index (χ0) is 13.7. The van der Waals surface area contributed by atoms with Crippen LogP contribution < -0.4 is 10.9 Å². The third-order valence-corrected chi connectivity index (χ3v) is 2.91. The molecule has 0 bridgehead atoms. The second-order valence-electron chi connectivity index (χ2n) is 4.66. The van der Waals surface area contributed by atoms with Gasteiger partial charge in [-0.1, -0.05) is 19.9 Å². The highest BCUT2D eigenvalue weighted by atomic mass is 16.3. The zero-order valence-corrected chi connectivity index (χ0v) is 11.0. The van der Waals surface area contributed by atoms with Crippen LogP contribution in [0.2, 0.25) is 0 Å². The molecule has 0 spiro atoms. The minimum absolute atomic E-state index is 0.169. The van der Waals surface area contributed by atoms with Crippen molar-refractivity contribution in [3.8, 4) is 0 Å². The van der Waals surface area contributed by atoms with Gasteiger partial charge in [0.1, 0.15) is 5.69 Å². The maximum atomic E-state index is 11.8. The van der Waals surface area contributed by atoms with E-state index in [-0.39, 0.29) is 17.4 Å². The highest BCUT2D eigenvalue weighted by Gasteiger charge is 2.12. The first kappa shape index (κ1) is 14.4. The van der Waals surface area contributed by atoms with E-state index >= 15 is 0 Å². The minimum Gasteiger partial charge on any atom is -0.393 e. The highest BCUT2D eigenvalue weighted by Crippen LogP contribution is 2.04. The van der Waals surface area contributed by atoms with Gasteiger partial charge in [0.05, 0.1) is 6.10 Å². The number of aliphatic hydroxyl groups is 1. The number of nitrogens with zero attached hydrogens (tertiary/aromatic N) is 1. The number of carbonyl (C=O) groups is 1. The van der Waals surface area contributed by atoms with Crippen molar-refractivity contribution in [3.05, 3.63) is 34.2 Å². The number of aliphatic hydroxyl groups excluding tert-OH is 1. The van der Waals surface area contributed by atoms with E-state index in [1.54, 1.807) is 19.2 Å². The van der Waals surface area contributed by atoms with E-state index in [9.17, 15) is 14.7 Å². The van der Waals surface area contributed by atoms with Crippen molar-refractivity contribution in [2.24, 2.45) is 13.0 Å². The van der Waals surface area contributed by atoms with E-state index in [1.807, 2.05) is 13.8 Å². The summed E-state index contributed by atoms with van der Waals surface area (Å²) < 4.78 is 1.30. The quantitative estimate of drug-likeness (QED) is 0.802. The van der Waals surface area contributed by atoms with Crippen molar-refractivity contribution in [2.45, 2.75) is 26.4 Å². The van der Waals surface area contributed by atoms with E-state index in [0.717, 1.165) is 0 Å². The van der Waals surface area contributed by atoms with Gasteiger partial charge in [0, 0.05) is 19.7 Å². The van der Waals surface area contributed by atoms with Crippen LogP contribution in [0.4, 0.5) is 0 Å². The fourth-order valence-corrected chi connectivity index (χ4v) is 1.55. The number of pyridine rings is 1. The van der Waals surface area contributed by atoms with Gasteiger partial charge in [-0.15, -0.1) is 0 Å². The van der Waals surface area contributed by atoms with E-state index < -0.39 is 6.10 Å². The highest BCUT2D eigenvalue weighted by molar-refractivity contribution is 5.92. The average Bonchev–Trinajstić information content (AvgIpc) is 2.32. The number of carbonyl (C=O) groups excluding carboxylic acids is 1. The summed E-state index contributed by atoms with van der Waals surface area (Å²) in [6.45, 7) is 4.24. The summed E-state index contributed by atoms with van der Waals surface area (Å²) in [5, 5.41) is 12.3. The number of hydrogen-bond acceptors (Lipinski definition) is 3. The van der Waals surface area contributed by atoms with Crippen LogP contribution in [0, 0.1) is 5.92 Å². The molecule has 1 aromatic rings. The molecule has 0 radical (unpaired) electrons. The van der Waals surface area contributed by atoms with Gasteiger partial charge in [-0.3, -0.25) is 9.59 Å². The molecule has 1 unspecified atom stereocenters. The monoisotopic (exact) mass is 252 g/mol. The Bertz CT molecular complexity index is 466. The molecule has 0 saturated carbocycles. The average molecular weight is 252 g/mol. The van der Waals surface area contributed by atoms with Crippen LogP contribution in [0.1, 0.15) is 30.8 Å². The smallest absolute Gasteiger partial charge is 0.268 e. The van der Waals surface area contributed by atoms with Crippen molar-refractivity contribution in [3.63, 3.8) is 0 Å². The van der Waals surface area contributed by atoms with E-state index in [1.165, 1.54) is 10.6 Å². The van der Waals surface area contributed by atoms with Crippen LogP contribution in [-0.4, -0.2) is 28.2 Å². The molecule has 18 heavy (non-hydrogen) atoms. The van der Waals surface area contributed by atoms with Crippen molar-refractivity contribution in [1.82, 2.24) is 9.88 Å². The van der Waals surface area contributed by atoms with E-state index in [4.69, 9.17) is 0 Å². The Labute approximate surface area is 106 Å². The van der Waals surface area contributed by atoms with Crippen LogP contribution in [0.25, 0.3) is 0 Å². The van der Waals surface area contributed by atoms with Gasteiger partial charge in [-0.05, 0) is 18.4 Å². The molecule has 1 amide bonds. The lowest BCUT2D eigenvalue weighted by Crippen LogP contribution is -2.32. The third-order valence-electron chi connectivity index (χ3n) is 2.91. The largest absolute Gasteiger partial charge is 0.393 e. The molecular formula is C13H20N2O3. The topological polar surface area (TPSA) is 71.3 Å². The Hall–Kier alpha value is -1.62. The minimum atomic E-state index is -0.426. The molecular weight excluding hydrogens is 232 g/mol. The van der Waals surface area contributed by atoms with Crippen molar-refractivity contribution < 1.29 is 9.90 Å². The molecule has 1 aromatic heterocycles. The molecule has 0 aliphatic heterocycles. The number of aromatic nitrogens is 1. The Morgan fingerprint density at radius 3 is 2.72 bits per heavy atom. The fourth-order valence-electron chi connectivity index (χ4n) is 1.55. The molecule has 5 nitrogen and oxygen atoms in total. The first-order valence-electron chi connectivity index (χ1n) is 6.05. The molecule has 0 saturated heterocycles. The molecule has 0 aromatic carbocycles. The molecule has 2 N–H and O–H groups in total. The lowest BCUT2D eigenvalue weighted by atomic mass is 10.0. The first-order chi connectivity index (χ1) is 8.43. The van der Waals surface area contributed by atoms with Gasteiger partial charge in [0.25, 0.3) is 11.5 Å². The van der Waals surface area contributed by atoms with Crippen LogP contribution >= 0.6 is 0 Å². The summed E-state index contributed by atoms with van der Waals surface area (Å²) in [4.78, 5) is 23.2. The lowest BCUT2D eigenvalue weighted by molar-refractivity contribution is 0.0911. The molecule has 0 aliphatic rings. The Kier molecular flexibility index (Phi) is 5.09. The van der Waals surface area contributed by atoms with Gasteiger partial charge in [-0.2, -0.15) is 0 Å². The molecule has 1 atom stereocenters. The van der Waals surface area contributed by atoms with Gasteiger partial charge in [0.15, 0.2) is 0 Å². The molecule has 0 aliphatic carbocycles. The third kappa shape index (κ3) is 3.70. The number of rotatable bonds is 5. The van der Waals surface area contributed by atoms with Crippen molar-refractivity contribution >= 4 is 5.91 Å². The van der Waals surface area contributed by atoms with E-state index in [0.29, 0.717) is 18.7 Å². The van der Waals surface area contributed by atoms with Crippen LogP contribution in [0.3, 0.4) is 0 Å². The molecule has 0 fully saturated rings. The first-order valence-corrected chi connectivity index (χ1v) is 6.05. The summed E-state index contributed by atoms with van der Waals surface area (Å²) in [6, 6.07) is 4.55. The number of hydrogen-bond donors (Lipinski definition) is 2. The molecule has 1 heterocycles. The van der Waals surface area contributed by atoms with Gasteiger partial charge >= 0.3 is 0 Å². The molecule has 1 rings (SSSR count). The number of amides is 1. The maximum Gasteiger partial charge on any atom is 0.268 e. The zero-order valence-electron chi connectivity index (χ0n) is 11.0. The predicted octanol–water partition coefficient (Wildman–Crippen LogP) is 0.522. The Morgan fingerprint density at radius 2 is 2.11 bits per heavy atom. The van der Waals surface area contributed by atoms with Crippen LogP contribution in [-0.2, 0) is 7.05 Å². The molecule has 5 heteroatoms. The summed E-state index contributed by atoms with van der Waals surface area (Å²) >= 11 is 0. The normalized spacial score (nSPS) is 12.5. The summed E-state index contributed by atoms with van der Waals surface area (Å²) in [5.41, 5.74) is 0.103. The van der Waals surface area contributed by atoms with Gasteiger partial charge in [0.2, 0.25) is 0 Å². The van der Waals surface area contributed by atoms with E-state index in [2.05, 4.69) is 5.32 Å². The van der Waals surface area contributed by atoms with Crippen molar-refractivity contribution in [2.75, 3.05) is 6.54 Å². The van der Waals surface area contributed by atoms with Crippen LogP contribution in [0.5, 0.6) is 0 Å². The van der Waals surface area contributed by atoms with Gasteiger partial charge < -0.3 is 15.0 Å². The van der Waals surface area contributed by atoms with Crippen molar-refractivity contribution in [1.29, 1.82) is 0 Å². The number of nitrogens with one attached hydrogen (secondary N) is 1. The second kappa shape index (κ2) is 6.35. The van der Waals surface area contributed by atoms with Gasteiger partial charge in [-0.25, -0.2) is 0 Å². The second-order valence-corrected chi connectivity index (χ2v) is 4.66. The lowest BCUT2D eigenvalue weighted by Gasteiger charge is -2.14.